The molecule has 30 heavy (non-hydrogen) atoms. The van der Waals surface area contributed by atoms with Crippen LogP contribution in [0.4, 0.5) is 11.6 Å². The minimum Gasteiger partial charge on any atom is -0.326 e. The Balaban J connectivity index is 1.82. The molecule has 8 nitrogen and oxygen atoms in total. The Hall–Kier alpha value is -3.46. The van der Waals surface area contributed by atoms with Crippen molar-refractivity contribution in [3.63, 3.8) is 0 Å². The van der Waals surface area contributed by atoms with Crippen LogP contribution in [-0.4, -0.2) is 24.3 Å². The van der Waals surface area contributed by atoms with E-state index in [0.29, 0.717) is 23.4 Å². The smallest absolute Gasteiger partial charge is 0.264 e. The molecular formula is C21H22N4O4S. The van der Waals surface area contributed by atoms with Crippen molar-refractivity contribution in [2.75, 3.05) is 10.0 Å². The minimum absolute atomic E-state index is 0.0271. The van der Waals surface area contributed by atoms with E-state index in [1.165, 1.54) is 31.2 Å². The van der Waals surface area contributed by atoms with Crippen LogP contribution in [-0.2, 0) is 21.2 Å². The second kappa shape index (κ2) is 8.50. The van der Waals surface area contributed by atoms with Gasteiger partial charge in [-0.15, -0.1) is 0 Å². The van der Waals surface area contributed by atoms with Crippen LogP contribution in [0.25, 0.3) is 0 Å². The van der Waals surface area contributed by atoms with Crippen molar-refractivity contribution in [3.8, 4) is 0 Å². The summed E-state index contributed by atoms with van der Waals surface area (Å²) < 4.78 is 27.5. The van der Waals surface area contributed by atoms with E-state index < -0.39 is 15.6 Å². The van der Waals surface area contributed by atoms with Gasteiger partial charge in [0.2, 0.25) is 11.9 Å². The topological polar surface area (TPSA) is 121 Å². The van der Waals surface area contributed by atoms with E-state index in [9.17, 15) is 18.0 Å². The first-order valence-corrected chi connectivity index (χ1v) is 10.7. The van der Waals surface area contributed by atoms with E-state index in [-0.39, 0.29) is 16.8 Å². The summed E-state index contributed by atoms with van der Waals surface area (Å²) in [6.07, 6.45) is 0.396. The Bertz CT molecular complexity index is 1250. The fourth-order valence-electron chi connectivity index (χ4n) is 3.00. The molecule has 1 amide bonds. The van der Waals surface area contributed by atoms with Crippen LogP contribution in [0.1, 0.15) is 29.3 Å². The van der Waals surface area contributed by atoms with Crippen LogP contribution in [0.15, 0.2) is 58.2 Å². The van der Waals surface area contributed by atoms with Gasteiger partial charge in [-0.3, -0.25) is 14.6 Å². The first-order chi connectivity index (χ1) is 14.1. The van der Waals surface area contributed by atoms with Gasteiger partial charge in [-0.1, -0.05) is 29.8 Å². The molecule has 156 valence electrons. The van der Waals surface area contributed by atoms with Gasteiger partial charge in [-0.2, -0.15) is 0 Å². The number of hydrogen-bond acceptors (Lipinski definition) is 5. The summed E-state index contributed by atoms with van der Waals surface area (Å²) in [5.74, 6) is -0.414. The molecule has 0 aliphatic rings. The summed E-state index contributed by atoms with van der Waals surface area (Å²) in [6, 6.07) is 13.5. The molecule has 2 aromatic carbocycles. The van der Waals surface area contributed by atoms with Gasteiger partial charge in [0.05, 0.1) is 10.6 Å². The number of nitrogens with zero attached hydrogens (tertiary/aromatic N) is 1. The number of hydrogen-bond donors (Lipinski definition) is 3. The van der Waals surface area contributed by atoms with Gasteiger partial charge in [0.15, 0.2) is 0 Å². The molecule has 9 heteroatoms. The molecule has 0 saturated carbocycles. The van der Waals surface area contributed by atoms with Crippen molar-refractivity contribution in [1.29, 1.82) is 0 Å². The zero-order chi connectivity index (χ0) is 21.9. The third-order valence-corrected chi connectivity index (χ3v) is 5.76. The molecule has 1 heterocycles. The van der Waals surface area contributed by atoms with Crippen molar-refractivity contribution >= 4 is 27.6 Å². The Morgan fingerprint density at radius 3 is 2.40 bits per heavy atom. The number of rotatable bonds is 6. The number of amides is 1. The number of benzene rings is 2. The molecule has 0 spiro atoms. The summed E-state index contributed by atoms with van der Waals surface area (Å²) >= 11 is 0. The number of nitrogens with one attached hydrogen (secondary N) is 3. The average Bonchev–Trinajstić information content (AvgIpc) is 2.64. The van der Waals surface area contributed by atoms with Crippen molar-refractivity contribution < 1.29 is 13.2 Å². The highest BCUT2D eigenvalue weighted by molar-refractivity contribution is 7.92. The fraction of sp³-hybridized carbons (Fsp3) is 0.190. The lowest BCUT2D eigenvalue weighted by Crippen LogP contribution is -2.22. The second-order valence-electron chi connectivity index (χ2n) is 6.96. The number of aryl methyl sites for hydroxylation is 2. The Morgan fingerprint density at radius 2 is 1.80 bits per heavy atom. The van der Waals surface area contributed by atoms with E-state index in [2.05, 4.69) is 20.0 Å². The van der Waals surface area contributed by atoms with Crippen molar-refractivity contribution in [1.82, 2.24) is 9.97 Å². The van der Waals surface area contributed by atoms with Gasteiger partial charge in [-0.25, -0.2) is 18.1 Å². The zero-order valence-corrected chi connectivity index (χ0v) is 17.6. The van der Waals surface area contributed by atoms with E-state index in [4.69, 9.17) is 0 Å². The summed E-state index contributed by atoms with van der Waals surface area (Å²) in [5, 5.41) is 2.56. The molecule has 0 atom stereocenters. The first kappa shape index (κ1) is 21.3. The monoisotopic (exact) mass is 426 g/mol. The highest BCUT2D eigenvalue weighted by atomic mass is 32.2. The molecule has 0 radical (unpaired) electrons. The fourth-order valence-corrected chi connectivity index (χ4v) is 3.96. The van der Waals surface area contributed by atoms with E-state index in [1.54, 1.807) is 6.92 Å². The SMILES string of the molecule is CC(=O)Nc1ccc(S(=O)(=O)Nc2nc(C)c(Cc3cccc(C)c3)c(=O)[nH]2)cc1. The average molecular weight is 426 g/mol. The maximum Gasteiger partial charge on any atom is 0.264 e. The van der Waals surface area contributed by atoms with Crippen LogP contribution in [0.3, 0.4) is 0 Å². The number of H-pyrrole nitrogens is 1. The lowest BCUT2D eigenvalue weighted by molar-refractivity contribution is -0.114. The lowest BCUT2D eigenvalue weighted by atomic mass is 10.0. The molecule has 0 aliphatic heterocycles. The molecule has 3 rings (SSSR count). The number of sulfonamides is 1. The molecule has 0 bridgehead atoms. The highest BCUT2D eigenvalue weighted by Crippen LogP contribution is 2.17. The predicted octanol–water partition coefficient (Wildman–Crippen LogP) is 2.74. The molecule has 0 unspecified atom stereocenters. The van der Waals surface area contributed by atoms with Gasteiger partial charge in [0, 0.05) is 24.6 Å². The van der Waals surface area contributed by atoms with Gasteiger partial charge in [0.1, 0.15) is 0 Å². The van der Waals surface area contributed by atoms with Gasteiger partial charge < -0.3 is 5.32 Å². The van der Waals surface area contributed by atoms with Crippen molar-refractivity contribution in [3.05, 3.63) is 81.3 Å². The third kappa shape index (κ3) is 5.12. The summed E-state index contributed by atoms with van der Waals surface area (Å²) in [5.41, 5.74) is 3.05. The predicted molar refractivity (Wildman–Crippen MR) is 115 cm³/mol. The maximum absolute atomic E-state index is 12.6. The first-order valence-electron chi connectivity index (χ1n) is 9.20. The van der Waals surface area contributed by atoms with Crippen LogP contribution < -0.4 is 15.6 Å². The normalized spacial score (nSPS) is 11.2. The lowest BCUT2D eigenvalue weighted by Gasteiger charge is -2.11. The number of aromatic amines is 1. The minimum atomic E-state index is -3.96. The summed E-state index contributed by atoms with van der Waals surface area (Å²) in [7, 11) is -3.96. The zero-order valence-electron chi connectivity index (χ0n) is 16.8. The maximum atomic E-state index is 12.6. The van der Waals surface area contributed by atoms with Crippen LogP contribution in [0, 0.1) is 13.8 Å². The van der Waals surface area contributed by atoms with E-state index in [0.717, 1.165) is 11.1 Å². The molecule has 0 saturated heterocycles. The molecule has 0 aliphatic carbocycles. The molecule has 0 fully saturated rings. The van der Waals surface area contributed by atoms with E-state index in [1.807, 2.05) is 31.2 Å². The Labute approximate surface area is 174 Å². The third-order valence-electron chi connectivity index (χ3n) is 4.40. The molecular weight excluding hydrogens is 404 g/mol. The summed E-state index contributed by atoms with van der Waals surface area (Å²) in [6.45, 7) is 5.00. The van der Waals surface area contributed by atoms with Crippen LogP contribution in [0.5, 0.6) is 0 Å². The molecule has 1 aromatic heterocycles. The van der Waals surface area contributed by atoms with Gasteiger partial charge in [0.25, 0.3) is 15.6 Å². The number of carbonyl (C=O) groups is 1. The number of anilines is 2. The summed E-state index contributed by atoms with van der Waals surface area (Å²) in [4.78, 5) is 30.3. The van der Waals surface area contributed by atoms with Crippen LogP contribution >= 0.6 is 0 Å². The highest BCUT2D eigenvalue weighted by Gasteiger charge is 2.17. The van der Waals surface area contributed by atoms with Crippen molar-refractivity contribution in [2.24, 2.45) is 0 Å². The largest absolute Gasteiger partial charge is 0.326 e. The Morgan fingerprint density at radius 1 is 1.10 bits per heavy atom. The van der Waals surface area contributed by atoms with Gasteiger partial charge in [-0.05, 0) is 43.7 Å². The number of aromatic nitrogens is 2. The van der Waals surface area contributed by atoms with Crippen molar-refractivity contribution in [2.45, 2.75) is 32.1 Å². The Kier molecular flexibility index (Phi) is 6.02. The van der Waals surface area contributed by atoms with Gasteiger partial charge >= 0.3 is 0 Å². The standard InChI is InChI=1S/C21H22N4O4S/c1-13-5-4-6-16(11-13)12-19-14(2)22-21(24-20(19)27)25-30(28,29)18-9-7-17(8-10-18)23-15(3)26/h4-11H,12H2,1-3H3,(H,23,26)(H2,22,24,25,27). The second-order valence-corrected chi connectivity index (χ2v) is 8.64. The molecule has 3 N–H and O–H groups in total. The van der Waals surface area contributed by atoms with E-state index >= 15 is 0 Å². The molecule has 3 aromatic rings. The van der Waals surface area contributed by atoms with Crippen LogP contribution in [0.2, 0.25) is 0 Å². The quantitative estimate of drug-likeness (QED) is 0.560. The number of carbonyl (C=O) groups excluding carboxylic acids is 1.